The minimum atomic E-state index is -0.148. The summed E-state index contributed by atoms with van der Waals surface area (Å²) in [6.07, 6.45) is 0. The molecule has 0 spiro atoms. The van der Waals surface area contributed by atoms with Gasteiger partial charge in [-0.2, -0.15) is 0 Å². The molecular weight excluding hydrogens is 735 g/mol. The number of hydrogen-bond acceptors (Lipinski definition) is 1. The molecule has 0 amide bonds. The van der Waals surface area contributed by atoms with Crippen molar-refractivity contribution in [1.29, 1.82) is 0 Å². The van der Waals surface area contributed by atoms with Crippen LogP contribution >= 0.6 is 0 Å². The zero-order valence-corrected chi connectivity index (χ0v) is 35.2. The van der Waals surface area contributed by atoms with E-state index < -0.39 is 0 Å². The molecule has 9 aromatic rings. The van der Waals surface area contributed by atoms with Crippen molar-refractivity contribution in [2.45, 2.75) is 38.5 Å². The maximum absolute atomic E-state index is 2.53. The summed E-state index contributed by atoms with van der Waals surface area (Å²) < 4.78 is 0. The Kier molecular flexibility index (Phi) is 8.58. The maximum Gasteiger partial charge on any atom is 0.0546 e. The summed E-state index contributed by atoms with van der Waals surface area (Å²) in [6, 6.07) is 78.7. The maximum atomic E-state index is 2.53. The van der Waals surface area contributed by atoms with Crippen molar-refractivity contribution in [3.63, 3.8) is 0 Å². The molecule has 0 fully saturated rings. The minimum absolute atomic E-state index is 0.148. The van der Waals surface area contributed by atoms with Crippen LogP contribution in [0.25, 0.3) is 66.8 Å². The van der Waals surface area contributed by atoms with Gasteiger partial charge in [0.2, 0.25) is 0 Å². The van der Waals surface area contributed by atoms with Crippen molar-refractivity contribution in [3.05, 3.63) is 235 Å². The Hall–Kier alpha value is -7.22. The lowest BCUT2D eigenvalue weighted by atomic mass is 9.82. The fourth-order valence-corrected chi connectivity index (χ4v) is 10.3. The van der Waals surface area contributed by atoms with Crippen LogP contribution in [0.3, 0.4) is 0 Å². The van der Waals surface area contributed by atoms with Crippen molar-refractivity contribution < 1.29 is 0 Å². The molecule has 1 nitrogen and oxygen atoms in total. The van der Waals surface area contributed by atoms with Gasteiger partial charge in [0.05, 0.1) is 5.69 Å². The highest BCUT2D eigenvalue weighted by Gasteiger charge is 2.38. The van der Waals surface area contributed by atoms with Crippen molar-refractivity contribution in [2.24, 2.45) is 0 Å². The number of fused-ring (bicyclic) bond motifs is 6. The van der Waals surface area contributed by atoms with Crippen LogP contribution in [-0.2, 0) is 10.8 Å². The molecule has 292 valence electrons. The Labute approximate surface area is 360 Å². The Morgan fingerprint density at radius 2 is 0.689 bits per heavy atom. The van der Waals surface area contributed by atoms with Crippen LogP contribution in [-0.4, -0.2) is 0 Å². The predicted molar refractivity (Wildman–Crippen MR) is 258 cm³/mol. The van der Waals surface area contributed by atoms with E-state index in [2.05, 4.69) is 245 Å². The Balaban J connectivity index is 1.17. The molecule has 9 aromatic carbocycles. The Morgan fingerprint density at radius 3 is 1.26 bits per heavy atom. The van der Waals surface area contributed by atoms with Crippen LogP contribution in [0.5, 0.6) is 0 Å². The SMILES string of the molecule is CC1(C)c2ccccc2-c2ccc(N(c3ccc4c(c3)C(C)(C)c3ccccc3-4)c3cccc(-c4ccc(-c5ccccc5)cc4)c3-c3cccc(-c4ccccc4)c3)cc21. The van der Waals surface area contributed by atoms with Gasteiger partial charge in [-0.25, -0.2) is 0 Å². The van der Waals surface area contributed by atoms with Gasteiger partial charge in [0.25, 0.3) is 0 Å². The molecule has 0 aliphatic heterocycles. The zero-order valence-electron chi connectivity index (χ0n) is 35.2. The number of benzene rings is 9. The number of anilines is 3. The van der Waals surface area contributed by atoms with Crippen LogP contribution in [0.4, 0.5) is 17.1 Å². The average molecular weight is 782 g/mol. The van der Waals surface area contributed by atoms with E-state index in [9.17, 15) is 0 Å². The van der Waals surface area contributed by atoms with Gasteiger partial charge in [0.15, 0.2) is 0 Å². The lowest BCUT2D eigenvalue weighted by Crippen LogP contribution is -2.18. The molecule has 0 unspecified atom stereocenters. The molecule has 0 bridgehead atoms. The van der Waals surface area contributed by atoms with Gasteiger partial charge in [0, 0.05) is 27.8 Å². The predicted octanol–water partition coefficient (Wildman–Crippen LogP) is 16.4. The van der Waals surface area contributed by atoms with Crippen molar-refractivity contribution in [2.75, 3.05) is 4.90 Å². The average Bonchev–Trinajstić information content (AvgIpc) is 3.68. The smallest absolute Gasteiger partial charge is 0.0546 e. The van der Waals surface area contributed by atoms with E-state index in [0.717, 1.165) is 17.1 Å². The van der Waals surface area contributed by atoms with Gasteiger partial charge in [-0.1, -0.05) is 204 Å². The summed E-state index contributed by atoms with van der Waals surface area (Å²) in [4.78, 5) is 2.53. The quantitative estimate of drug-likeness (QED) is 0.156. The monoisotopic (exact) mass is 781 g/mol. The van der Waals surface area contributed by atoms with E-state index in [4.69, 9.17) is 0 Å². The Morgan fingerprint density at radius 1 is 0.279 bits per heavy atom. The molecule has 2 aliphatic rings. The van der Waals surface area contributed by atoms with Crippen molar-refractivity contribution in [1.82, 2.24) is 0 Å². The van der Waals surface area contributed by atoms with Gasteiger partial charge in [-0.3, -0.25) is 0 Å². The van der Waals surface area contributed by atoms with Crippen molar-refractivity contribution in [3.8, 4) is 66.8 Å². The lowest BCUT2D eigenvalue weighted by Gasteiger charge is -2.32. The van der Waals surface area contributed by atoms with Crippen LogP contribution in [0.1, 0.15) is 49.9 Å². The normalized spacial score (nSPS) is 13.8. The van der Waals surface area contributed by atoms with Gasteiger partial charge in [-0.15, -0.1) is 0 Å². The molecule has 0 saturated carbocycles. The van der Waals surface area contributed by atoms with Gasteiger partial charge in [0.1, 0.15) is 0 Å². The third-order valence-electron chi connectivity index (χ3n) is 13.5. The highest BCUT2D eigenvalue weighted by atomic mass is 15.1. The third-order valence-corrected chi connectivity index (χ3v) is 13.5. The summed E-state index contributed by atoms with van der Waals surface area (Å²) in [6.45, 7) is 9.50. The molecule has 0 atom stereocenters. The molecular formula is C60H47N. The summed E-state index contributed by atoms with van der Waals surface area (Å²) >= 11 is 0. The minimum Gasteiger partial charge on any atom is -0.310 e. The summed E-state index contributed by atoms with van der Waals surface area (Å²) in [5.41, 5.74) is 23.4. The van der Waals surface area contributed by atoms with E-state index in [1.807, 2.05) is 0 Å². The third kappa shape index (κ3) is 5.99. The molecule has 0 N–H and O–H groups in total. The first-order valence-corrected chi connectivity index (χ1v) is 21.5. The van der Waals surface area contributed by atoms with E-state index in [0.29, 0.717) is 0 Å². The molecule has 0 saturated heterocycles. The summed E-state index contributed by atoms with van der Waals surface area (Å²) in [7, 11) is 0. The molecule has 0 aromatic heterocycles. The van der Waals surface area contributed by atoms with Crippen LogP contribution in [0.15, 0.2) is 212 Å². The lowest BCUT2D eigenvalue weighted by molar-refractivity contribution is 0.660. The first kappa shape index (κ1) is 36.8. The van der Waals surface area contributed by atoms with Gasteiger partial charge in [-0.05, 0) is 120 Å². The van der Waals surface area contributed by atoms with E-state index >= 15 is 0 Å². The van der Waals surface area contributed by atoms with E-state index in [-0.39, 0.29) is 10.8 Å². The fourth-order valence-electron chi connectivity index (χ4n) is 10.3. The van der Waals surface area contributed by atoms with Crippen LogP contribution in [0.2, 0.25) is 0 Å². The fraction of sp³-hybridized carbons (Fsp3) is 0.100. The molecule has 61 heavy (non-hydrogen) atoms. The first-order valence-electron chi connectivity index (χ1n) is 21.5. The van der Waals surface area contributed by atoms with E-state index in [1.54, 1.807) is 0 Å². The van der Waals surface area contributed by atoms with Crippen molar-refractivity contribution >= 4 is 17.1 Å². The molecule has 0 heterocycles. The molecule has 2 aliphatic carbocycles. The van der Waals surface area contributed by atoms with Crippen LogP contribution in [0, 0.1) is 0 Å². The molecule has 1 heteroatoms. The second-order valence-corrected chi connectivity index (χ2v) is 17.7. The summed E-state index contributed by atoms with van der Waals surface area (Å²) in [5, 5.41) is 0. The highest BCUT2D eigenvalue weighted by Crippen LogP contribution is 2.54. The number of nitrogens with zero attached hydrogens (tertiary/aromatic N) is 1. The zero-order chi connectivity index (χ0) is 41.3. The van der Waals surface area contributed by atoms with E-state index in [1.165, 1.54) is 89.0 Å². The molecule has 0 radical (unpaired) electrons. The van der Waals surface area contributed by atoms with Crippen LogP contribution < -0.4 is 4.90 Å². The Bertz CT molecular complexity index is 3010. The van der Waals surface area contributed by atoms with Gasteiger partial charge < -0.3 is 4.90 Å². The highest BCUT2D eigenvalue weighted by molar-refractivity contribution is 5.99. The molecule has 11 rings (SSSR count). The second-order valence-electron chi connectivity index (χ2n) is 17.7. The number of rotatable bonds is 7. The van der Waals surface area contributed by atoms with Gasteiger partial charge >= 0.3 is 0 Å². The number of hydrogen-bond donors (Lipinski definition) is 0. The first-order chi connectivity index (χ1) is 29.8. The topological polar surface area (TPSA) is 3.24 Å². The largest absolute Gasteiger partial charge is 0.310 e. The second kappa shape index (κ2) is 14.2. The summed E-state index contributed by atoms with van der Waals surface area (Å²) in [5.74, 6) is 0. The standard InChI is InChI=1S/C60H47N/c1-59(2)53-26-13-11-23-49(53)51-35-33-46(38-55(51)59)61(47-34-36-52-50-24-12-14-27-54(50)60(3,4)56(52)39-47)57-28-16-25-48(43-31-29-42(30-32-43)40-17-7-5-8-18-40)58(57)45-22-15-21-44(37-45)41-19-9-6-10-20-41/h5-39H,1-4H3.